The number of carbonyl (C=O) groups excluding carboxylic acids is 2. The zero-order valence-corrected chi connectivity index (χ0v) is 16.7. The molecule has 0 aromatic heterocycles. The van der Waals surface area contributed by atoms with Gasteiger partial charge in [0, 0.05) is 31.7 Å². The topological polar surface area (TPSA) is 61.9 Å². The average molecular weight is 439 g/mol. The van der Waals surface area contributed by atoms with Crippen molar-refractivity contribution in [2.24, 2.45) is 0 Å². The molecule has 2 aromatic rings. The number of benzene rings is 2. The summed E-state index contributed by atoms with van der Waals surface area (Å²) < 4.78 is 57.8. The first kappa shape index (κ1) is 22.5. The van der Waals surface area contributed by atoms with Crippen molar-refractivity contribution in [2.75, 3.05) is 45.2 Å². The molecule has 0 radical (unpaired) electrons. The Balaban J connectivity index is 1.54. The molecule has 0 aliphatic carbocycles. The second kappa shape index (κ2) is 9.34. The van der Waals surface area contributed by atoms with Crippen molar-refractivity contribution in [1.29, 1.82) is 0 Å². The van der Waals surface area contributed by atoms with Crippen molar-refractivity contribution in [2.45, 2.75) is 6.18 Å². The molecular weight excluding hydrogens is 418 g/mol. The molecule has 0 bridgehead atoms. The molecule has 0 saturated carbocycles. The average Bonchev–Trinajstić information content (AvgIpc) is 2.73. The van der Waals surface area contributed by atoms with Gasteiger partial charge in [-0.05, 0) is 30.3 Å². The fraction of sp³-hybridized carbons (Fsp3) is 0.333. The number of carbonyl (C=O) groups is 2. The highest BCUT2D eigenvalue weighted by Crippen LogP contribution is 2.34. The summed E-state index contributed by atoms with van der Waals surface area (Å²) in [7, 11) is 1.33. The lowest BCUT2D eigenvalue weighted by molar-refractivity contribution is -0.137. The highest BCUT2D eigenvalue weighted by Gasteiger charge is 2.33. The monoisotopic (exact) mass is 439 g/mol. The molecule has 166 valence electrons. The number of rotatable bonds is 5. The summed E-state index contributed by atoms with van der Waals surface area (Å²) in [6.45, 7) is 1.22. The third-order valence-electron chi connectivity index (χ3n) is 4.93. The molecule has 0 atom stereocenters. The fourth-order valence-electron chi connectivity index (χ4n) is 3.32. The third kappa shape index (κ3) is 5.52. The minimum atomic E-state index is -4.57. The SMILES string of the molecule is COc1ccc(C(=O)N2CCN(CC(=O)Nc3ccccc3C(F)(F)F)CC2)cc1F. The number of alkyl halides is 3. The van der Waals surface area contributed by atoms with Crippen LogP contribution in [-0.4, -0.2) is 61.4 Å². The van der Waals surface area contributed by atoms with E-state index in [4.69, 9.17) is 4.74 Å². The second-order valence-corrected chi connectivity index (χ2v) is 7.01. The lowest BCUT2D eigenvalue weighted by atomic mass is 10.1. The highest BCUT2D eigenvalue weighted by molar-refractivity contribution is 5.95. The summed E-state index contributed by atoms with van der Waals surface area (Å²) in [6.07, 6.45) is -4.57. The first-order valence-electron chi connectivity index (χ1n) is 9.50. The van der Waals surface area contributed by atoms with E-state index >= 15 is 0 Å². The minimum absolute atomic E-state index is 0.0412. The van der Waals surface area contributed by atoms with Crippen LogP contribution in [0.15, 0.2) is 42.5 Å². The molecule has 1 aliphatic heterocycles. The Labute approximate surface area is 176 Å². The number of halogens is 4. The standard InChI is InChI=1S/C21H21F4N3O3/c1-31-18-7-6-14(12-16(18)22)20(30)28-10-8-27(9-11-28)13-19(29)26-17-5-3-2-4-15(17)21(23,24)25/h2-7,12H,8-11,13H2,1H3,(H,26,29). The smallest absolute Gasteiger partial charge is 0.418 e. The van der Waals surface area contributed by atoms with E-state index in [1.165, 1.54) is 42.3 Å². The van der Waals surface area contributed by atoms with Gasteiger partial charge in [0.05, 0.1) is 24.9 Å². The van der Waals surface area contributed by atoms with Crippen molar-refractivity contribution in [3.05, 3.63) is 59.4 Å². The van der Waals surface area contributed by atoms with Gasteiger partial charge in [-0.2, -0.15) is 13.2 Å². The Hall–Kier alpha value is -3.14. The van der Waals surface area contributed by atoms with Crippen molar-refractivity contribution in [1.82, 2.24) is 9.80 Å². The van der Waals surface area contributed by atoms with Gasteiger partial charge in [-0.15, -0.1) is 0 Å². The van der Waals surface area contributed by atoms with Crippen molar-refractivity contribution < 1.29 is 31.9 Å². The third-order valence-corrected chi connectivity index (χ3v) is 4.93. The normalized spacial score (nSPS) is 14.9. The van der Waals surface area contributed by atoms with Crippen LogP contribution >= 0.6 is 0 Å². The zero-order chi connectivity index (χ0) is 22.6. The van der Waals surface area contributed by atoms with Gasteiger partial charge in [-0.1, -0.05) is 12.1 Å². The molecule has 6 nitrogen and oxygen atoms in total. The van der Waals surface area contributed by atoms with E-state index in [9.17, 15) is 27.2 Å². The van der Waals surface area contributed by atoms with Gasteiger partial charge in [0.15, 0.2) is 11.6 Å². The van der Waals surface area contributed by atoms with Gasteiger partial charge >= 0.3 is 6.18 Å². The summed E-state index contributed by atoms with van der Waals surface area (Å²) in [5.41, 5.74) is -1.02. The van der Waals surface area contributed by atoms with Crippen molar-refractivity contribution in [3.8, 4) is 5.75 Å². The molecule has 1 aliphatic rings. The summed E-state index contributed by atoms with van der Waals surface area (Å²) >= 11 is 0. The number of nitrogens with zero attached hydrogens (tertiary/aromatic N) is 2. The Morgan fingerprint density at radius 2 is 1.74 bits per heavy atom. The van der Waals surface area contributed by atoms with Crippen LogP contribution in [-0.2, 0) is 11.0 Å². The highest BCUT2D eigenvalue weighted by atomic mass is 19.4. The van der Waals surface area contributed by atoms with Gasteiger partial charge in [0.2, 0.25) is 5.91 Å². The zero-order valence-electron chi connectivity index (χ0n) is 16.7. The summed E-state index contributed by atoms with van der Waals surface area (Å²) in [6, 6.07) is 8.73. The lowest BCUT2D eigenvalue weighted by Crippen LogP contribution is -2.50. The first-order chi connectivity index (χ1) is 14.7. The largest absolute Gasteiger partial charge is 0.494 e. The van der Waals surface area contributed by atoms with Crippen molar-refractivity contribution >= 4 is 17.5 Å². The number of hydrogen-bond acceptors (Lipinski definition) is 4. The fourth-order valence-corrected chi connectivity index (χ4v) is 3.32. The predicted molar refractivity (Wildman–Crippen MR) is 105 cm³/mol. The van der Waals surface area contributed by atoms with E-state index in [0.717, 1.165) is 12.1 Å². The Morgan fingerprint density at radius 1 is 1.06 bits per heavy atom. The maximum atomic E-state index is 13.8. The van der Waals surface area contributed by atoms with Gasteiger partial charge < -0.3 is 15.0 Å². The number of ether oxygens (including phenoxy) is 1. The van der Waals surface area contributed by atoms with Crippen LogP contribution in [0.1, 0.15) is 15.9 Å². The number of anilines is 1. The summed E-state index contributed by atoms with van der Waals surface area (Å²) in [5, 5.41) is 2.31. The Kier molecular flexibility index (Phi) is 6.79. The maximum absolute atomic E-state index is 13.8. The molecule has 3 rings (SSSR count). The molecule has 31 heavy (non-hydrogen) atoms. The summed E-state index contributed by atoms with van der Waals surface area (Å²) in [4.78, 5) is 28.1. The van der Waals surface area contributed by atoms with Crippen LogP contribution in [0, 0.1) is 5.82 Å². The molecule has 0 unspecified atom stereocenters. The van der Waals surface area contributed by atoms with E-state index in [0.29, 0.717) is 26.2 Å². The maximum Gasteiger partial charge on any atom is 0.418 e. The number of methoxy groups -OCH3 is 1. The molecule has 10 heteroatoms. The summed E-state index contributed by atoms with van der Waals surface area (Å²) in [5.74, 6) is -1.51. The Morgan fingerprint density at radius 3 is 2.35 bits per heavy atom. The molecule has 1 N–H and O–H groups in total. The van der Waals surface area contributed by atoms with Gasteiger partial charge in [0.1, 0.15) is 0 Å². The number of piperazine rings is 1. The molecule has 2 aromatic carbocycles. The minimum Gasteiger partial charge on any atom is -0.494 e. The molecular formula is C21H21F4N3O3. The van der Waals surface area contributed by atoms with Crippen LogP contribution in [0.5, 0.6) is 5.75 Å². The van der Waals surface area contributed by atoms with Crippen LogP contribution in [0.2, 0.25) is 0 Å². The quantitative estimate of drug-likeness (QED) is 0.727. The van der Waals surface area contributed by atoms with E-state index in [1.54, 1.807) is 4.90 Å². The van der Waals surface area contributed by atoms with E-state index in [1.807, 2.05) is 0 Å². The Bertz CT molecular complexity index is 957. The first-order valence-corrected chi connectivity index (χ1v) is 9.50. The van der Waals surface area contributed by atoms with E-state index < -0.39 is 23.5 Å². The second-order valence-electron chi connectivity index (χ2n) is 7.01. The molecule has 2 amide bonds. The number of para-hydroxylation sites is 1. The van der Waals surface area contributed by atoms with Crippen LogP contribution < -0.4 is 10.1 Å². The van der Waals surface area contributed by atoms with Crippen LogP contribution in [0.4, 0.5) is 23.2 Å². The van der Waals surface area contributed by atoms with Gasteiger partial charge in [-0.3, -0.25) is 14.5 Å². The molecule has 1 saturated heterocycles. The van der Waals surface area contributed by atoms with Crippen LogP contribution in [0.3, 0.4) is 0 Å². The lowest BCUT2D eigenvalue weighted by Gasteiger charge is -2.34. The number of amides is 2. The van der Waals surface area contributed by atoms with Crippen molar-refractivity contribution in [3.63, 3.8) is 0 Å². The van der Waals surface area contributed by atoms with Gasteiger partial charge in [-0.25, -0.2) is 4.39 Å². The molecule has 1 heterocycles. The molecule has 1 fully saturated rings. The molecule has 0 spiro atoms. The number of hydrogen-bond donors (Lipinski definition) is 1. The van der Waals surface area contributed by atoms with E-state index in [-0.39, 0.29) is 29.5 Å². The predicted octanol–water partition coefficient (Wildman–Crippen LogP) is 3.25. The van der Waals surface area contributed by atoms with Crippen LogP contribution in [0.25, 0.3) is 0 Å². The van der Waals surface area contributed by atoms with Gasteiger partial charge in [0.25, 0.3) is 5.91 Å². The van der Waals surface area contributed by atoms with E-state index in [2.05, 4.69) is 5.32 Å². The number of nitrogens with one attached hydrogen (secondary N) is 1.